The number of hydrogen-bond acceptors (Lipinski definition) is 2. The van der Waals surface area contributed by atoms with Crippen LogP contribution in [0.3, 0.4) is 0 Å². The third kappa shape index (κ3) is 2.50. The second kappa shape index (κ2) is 5.16. The van der Waals surface area contributed by atoms with E-state index in [1.54, 1.807) is 0 Å². The Kier molecular flexibility index (Phi) is 3.52. The van der Waals surface area contributed by atoms with Crippen molar-refractivity contribution in [3.63, 3.8) is 0 Å². The Morgan fingerprint density at radius 1 is 1.21 bits per heavy atom. The van der Waals surface area contributed by atoms with Gasteiger partial charge < -0.3 is 10.5 Å². The summed E-state index contributed by atoms with van der Waals surface area (Å²) in [6.45, 7) is 0.728. The lowest BCUT2D eigenvalue weighted by atomic mass is 9.97. The summed E-state index contributed by atoms with van der Waals surface area (Å²) < 4.78 is 6.76. The lowest BCUT2D eigenvalue weighted by Crippen LogP contribution is -2.13. The summed E-state index contributed by atoms with van der Waals surface area (Å²) in [5, 5.41) is 0.715. The first-order valence-electron chi connectivity index (χ1n) is 6.11. The summed E-state index contributed by atoms with van der Waals surface area (Å²) in [4.78, 5) is 0. The molecule has 4 heteroatoms. The van der Waals surface area contributed by atoms with Crippen molar-refractivity contribution in [3.8, 4) is 5.75 Å². The fraction of sp³-hybridized carbons (Fsp3) is 0.200. The van der Waals surface area contributed by atoms with Crippen LogP contribution in [0.2, 0.25) is 5.02 Å². The molecule has 0 spiro atoms. The lowest BCUT2D eigenvalue weighted by Gasteiger charge is -2.16. The lowest BCUT2D eigenvalue weighted by molar-refractivity contribution is 0.352. The molecule has 0 radical (unpaired) electrons. The molecule has 2 nitrogen and oxygen atoms in total. The van der Waals surface area contributed by atoms with E-state index in [2.05, 4.69) is 22.0 Å². The molecule has 2 aromatic carbocycles. The van der Waals surface area contributed by atoms with Crippen molar-refractivity contribution < 1.29 is 4.74 Å². The molecular weight excluding hydrogens is 326 g/mol. The van der Waals surface area contributed by atoms with E-state index < -0.39 is 0 Å². The molecule has 0 saturated heterocycles. The van der Waals surface area contributed by atoms with E-state index in [1.807, 2.05) is 30.3 Å². The predicted molar refractivity (Wildman–Crippen MR) is 80.8 cm³/mol. The van der Waals surface area contributed by atoms with Gasteiger partial charge in [-0.05, 0) is 35.4 Å². The number of ether oxygens (including phenoxy) is 1. The average molecular weight is 339 g/mol. The zero-order chi connectivity index (χ0) is 13.4. The van der Waals surface area contributed by atoms with Gasteiger partial charge in [0.15, 0.2) is 0 Å². The number of hydrogen-bond donors (Lipinski definition) is 1. The van der Waals surface area contributed by atoms with Crippen LogP contribution in [0.1, 0.15) is 22.7 Å². The molecule has 98 valence electrons. The van der Waals surface area contributed by atoms with E-state index in [9.17, 15) is 0 Å². The number of nitrogens with two attached hydrogens (primary N) is 1. The Bertz CT molecular complexity index is 612. The topological polar surface area (TPSA) is 35.2 Å². The van der Waals surface area contributed by atoms with Crippen molar-refractivity contribution in [2.24, 2.45) is 5.73 Å². The largest absolute Gasteiger partial charge is 0.493 e. The fourth-order valence-corrected chi connectivity index (χ4v) is 3.03. The summed E-state index contributed by atoms with van der Waals surface area (Å²) in [5.41, 5.74) is 9.63. The maximum Gasteiger partial charge on any atom is 0.127 e. The quantitative estimate of drug-likeness (QED) is 0.895. The monoisotopic (exact) mass is 337 g/mol. The zero-order valence-corrected chi connectivity index (χ0v) is 12.5. The molecule has 0 aliphatic carbocycles. The van der Waals surface area contributed by atoms with Crippen molar-refractivity contribution in [1.29, 1.82) is 0 Å². The molecule has 0 saturated carbocycles. The predicted octanol–water partition coefficient (Wildman–Crippen LogP) is 4.09. The standard InChI is InChI=1S/C15H13BrClNO/c16-11-7-10-5-6-19-15(10)13(8-11)14(18)9-1-3-12(17)4-2-9/h1-4,7-8,14H,5-6,18H2. The first kappa shape index (κ1) is 13.0. The summed E-state index contributed by atoms with van der Waals surface area (Å²) in [5.74, 6) is 0.936. The molecule has 0 amide bonds. The van der Waals surface area contributed by atoms with Gasteiger partial charge in [0.1, 0.15) is 5.75 Å². The highest BCUT2D eigenvalue weighted by Gasteiger charge is 2.22. The van der Waals surface area contributed by atoms with Crippen LogP contribution in [0.15, 0.2) is 40.9 Å². The van der Waals surface area contributed by atoms with Gasteiger partial charge in [-0.15, -0.1) is 0 Å². The van der Waals surface area contributed by atoms with Crippen LogP contribution in [0, 0.1) is 0 Å². The minimum atomic E-state index is -0.207. The number of fused-ring (bicyclic) bond motifs is 1. The third-order valence-corrected chi connectivity index (χ3v) is 4.05. The van der Waals surface area contributed by atoms with E-state index in [-0.39, 0.29) is 6.04 Å². The molecule has 2 aromatic rings. The van der Waals surface area contributed by atoms with Gasteiger partial charge in [-0.3, -0.25) is 0 Å². The maximum absolute atomic E-state index is 6.36. The minimum Gasteiger partial charge on any atom is -0.493 e. The summed E-state index contributed by atoms with van der Waals surface area (Å²) >= 11 is 9.44. The van der Waals surface area contributed by atoms with Gasteiger partial charge >= 0.3 is 0 Å². The zero-order valence-electron chi connectivity index (χ0n) is 10.2. The second-order valence-electron chi connectivity index (χ2n) is 4.61. The van der Waals surface area contributed by atoms with Gasteiger partial charge in [0.05, 0.1) is 12.6 Å². The van der Waals surface area contributed by atoms with E-state index in [0.717, 1.165) is 34.4 Å². The van der Waals surface area contributed by atoms with Gasteiger partial charge in [0.2, 0.25) is 0 Å². The van der Waals surface area contributed by atoms with Crippen LogP contribution in [0.25, 0.3) is 0 Å². The summed E-state index contributed by atoms with van der Waals surface area (Å²) in [7, 11) is 0. The molecule has 0 bridgehead atoms. The Morgan fingerprint density at radius 2 is 1.95 bits per heavy atom. The van der Waals surface area contributed by atoms with E-state index >= 15 is 0 Å². The van der Waals surface area contributed by atoms with Crippen molar-refractivity contribution in [2.45, 2.75) is 12.5 Å². The van der Waals surface area contributed by atoms with Gasteiger partial charge in [-0.25, -0.2) is 0 Å². The van der Waals surface area contributed by atoms with Crippen molar-refractivity contribution >= 4 is 27.5 Å². The summed E-state index contributed by atoms with van der Waals surface area (Å²) in [6.07, 6.45) is 0.940. The smallest absolute Gasteiger partial charge is 0.127 e. The Labute approximate surface area is 125 Å². The highest BCUT2D eigenvalue weighted by molar-refractivity contribution is 9.10. The first-order valence-corrected chi connectivity index (χ1v) is 7.28. The number of benzene rings is 2. The van der Waals surface area contributed by atoms with Crippen LogP contribution >= 0.6 is 27.5 Å². The van der Waals surface area contributed by atoms with Gasteiger partial charge in [-0.2, -0.15) is 0 Å². The van der Waals surface area contributed by atoms with Gasteiger partial charge in [-0.1, -0.05) is 39.7 Å². The Morgan fingerprint density at radius 3 is 2.68 bits per heavy atom. The van der Waals surface area contributed by atoms with Crippen molar-refractivity contribution in [3.05, 3.63) is 62.6 Å². The van der Waals surface area contributed by atoms with Crippen molar-refractivity contribution in [2.75, 3.05) is 6.61 Å². The van der Waals surface area contributed by atoms with Crippen LogP contribution in [-0.2, 0) is 6.42 Å². The molecule has 3 rings (SSSR count). The first-order chi connectivity index (χ1) is 9.15. The van der Waals surface area contributed by atoms with Gasteiger partial charge in [0, 0.05) is 21.5 Å². The fourth-order valence-electron chi connectivity index (χ4n) is 2.38. The number of halogens is 2. The molecule has 1 aliphatic rings. The maximum atomic E-state index is 6.36. The molecule has 1 aliphatic heterocycles. The van der Waals surface area contributed by atoms with E-state index in [0.29, 0.717) is 5.02 Å². The molecule has 0 aromatic heterocycles. The molecular formula is C15H13BrClNO. The highest BCUT2D eigenvalue weighted by Crippen LogP contribution is 2.37. The molecule has 0 fully saturated rings. The van der Waals surface area contributed by atoms with E-state index in [4.69, 9.17) is 22.1 Å². The van der Waals surface area contributed by atoms with E-state index in [1.165, 1.54) is 5.56 Å². The second-order valence-corrected chi connectivity index (χ2v) is 5.96. The molecule has 2 N–H and O–H groups in total. The van der Waals surface area contributed by atoms with Crippen LogP contribution in [0.5, 0.6) is 5.75 Å². The molecule has 1 heterocycles. The minimum absolute atomic E-state index is 0.207. The molecule has 19 heavy (non-hydrogen) atoms. The van der Waals surface area contributed by atoms with Crippen LogP contribution < -0.4 is 10.5 Å². The Hall–Kier alpha value is -1.03. The van der Waals surface area contributed by atoms with Crippen LogP contribution in [-0.4, -0.2) is 6.61 Å². The molecule has 1 atom stereocenters. The summed E-state index contributed by atoms with van der Waals surface area (Å²) in [6, 6.07) is 11.5. The average Bonchev–Trinajstić information content (AvgIpc) is 2.85. The van der Waals surface area contributed by atoms with Crippen LogP contribution in [0.4, 0.5) is 0 Å². The third-order valence-electron chi connectivity index (χ3n) is 3.34. The highest BCUT2D eigenvalue weighted by atomic mass is 79.9. The van der Waals surface area contributed by atoms with Crippen molar-refractivity contribution in [1.82, 2.24) is 0 Å². The Balaban J connectivity index is 2.04. The molecule has 1 unspecified atom stereocenters. The SMILES string of the molecule is NC(c1ccc(Cl)cc1)c1cc(Br)cc2c1OCC2. The normalized spacial score (nSPS) is 14.9. The van der Waals surface area contributed by atoms with Gasteiger partial charge in [0.25, 0.3) is 0 Å². The number of rotatable bonds is 2.